The summed E-state index contributed by atoms with van der Waals surface area (Å²) in [6, 6.07) is 27.5. The van der Waals surface area contributed by atoms with Gasteiger partial charge in [0, 0.05) is 34.6 Å². The lowest BCUT2D eigenvalue weighted by molar-refractivity contribution is -0.140. The first-order valence-electron chi connectivity index (χ1n) is 14.3. The third-order valence-electron chi connectivity index (χ3n) is 6.94. The molecular weight excluding hydrogens is 653 g/mol. The Hall–Kier alpha value is -3.56. The molecule has 7 nitrogen and oxygen atoms in total. The summed E-state index contributed by atoms with van der Waals surface area (Å²) >= 11 is 18.9. The Bertz CT molecular complexity index is 1700. The fraction of sp³-hybridized carbons (Fsp3) is 0.235. The highest BCUT2D eigenvalue weighted by Crippen LogP contribution is 2.30. The van der Waals surface area contributed by atoms with Gasteiger partial charge in [0.25, 0.3) is 10.0 Å². The maximum Gasteiger partial charge on any atom is 0.264 e. The van der Waals surface area contributed by atoms with Crippen molar-refractivity contribution in [2.24, 2.45) is 5.92 Å². The standard InChI is InChI=1S/C34H34Cl3N3O4S/c1-24(2)21-38-34(42)32(17-25-10-5-3-6-11-25)39(22-26-12-9-13-27(35)16-26)33(41)23-40(30-19-28(36)18-29(37)20-30)45(43,44)31-14-7-4-8-15-31/h3-16,18-20,24,32H,17,21-23H2,1-2H3,(H,38,42). The average Bonchev–Trinajstić information content (AvgIpc) is 3.00. The topological polar surface area (TPSA) is 86.8 Å². The van der Waals surface area contributed by atoms with Crippen LogP contribution in [-0.4, -0.2) is 44.3 Å². The molecule has 11 heteroatoms. The zero-order chi connectivity index (χ0) is 32.6. The van der Waals surface area contributed by atoms with Gasteiger partial charge in [-0.1, -0.05) is 109 Å². The lowest BCUT2D eigenvalue weighted by Gasteiger charge is -2.34. The number of carbonyl (C=O) groups is 2. The highest BCUT2D eigenvalue weighted by Gasteiger charge is 2.35. The van der Waals surface area contributed by atoms with Crippen molar-refractivity contribution in [3.8, 4) is 0 Å². The van der Waals surface area contributed by atoms with Crippen molar-refractivity contribution in [2.45, 2.75) is 37.8 Å². The smallest absolute Gasteiger partial charge is 0.264 e. The zero-order valence-corrected chi connectivity index (χ0v) is 28.0. The van der Waals surface area contributed by atoms with Gasteiger partial charge in [0.1, 0.15) is 12.6 Å². The highest BCUT2D eigenvalue weighted by molar-refractivity contribution is 7.92. The molecule has 45 heavy (non-hydrogen) atoms. The van der Waals surface area contributed by atoms with E-state index in [4.69, 9.17) is 34.8 Å². The van der Waals surface area contributed by atoms with Crippen molar-refractivity contribution in [2.75, 3.05) is 17.4 Å². The van der Waals surface area contributed by atoms with E-state index >= 15 is 0 Å². The van der Waals surface area contributed by atoms with Crippen LogP contribution >= 0.6 is 34.8 Å². The van der Waals surface area contributed by atoms with Crippen molar-refractivity contribution >= 4 is 62.3 Å². The first kappa shape index (κ1) is 34.3. The van der Waals surface area contributed by atoms with Crippen LogP contribution in [0.1, 0.15) is 25.0 Å². The predicted molar refractivity (Wildman–Crippen MR) is 181 cm³/mol. The zero-order valence-electron chi connectivity index (χ0n) is 24.9. The summed E-state index contributed by atoms with van der Waals surface area (Å²) in [5.41, 5.74) is 1.62. The molecule has 0 bridgehead atoms. The Morgan fingerprint density at radius 2 is 1.36 bits per heavy atom. The highest BCUT2D eigenvalue weighted by atomic mass is 35.5. The minimum absolute atomic E-state index is 0.00151. The van der Waals surface area contributed by atoms with Gasteiger partial charge in [-0.2, -0.15) is 0 Å². The fourth-order valence-electron chi connectivity index (χ4n) is 4.74. The summed E-state index contributed by atoms with van der Waals surface area (Å²) in [4.78, 5) is 29.7. The molecule has 0 heterocycles. The van der Waals surface area contributed by atoms with Gasteiger partial charge in [0.15, 0.2) is 0 Å². The van der Waals surface area contributed by atoms with Crippen LogP contribution in [-0.2, 0) is 32.6 Å². The lowest BCUT2D eigenvalue weighted by atomic mass is 10.0. The first-order valence-corrected chi connectivity index (χ1v) is 16.9. The van der Waals surface area contributed by atoms with Gasteiger partial charge in [-0.3, -0.25) is 13.9 Å². The lowest BCUT2D eigenvalue weighted by Crippen LogP contribution is -2.53. The Morgan fingerprint density at radius 1 is 0.756 bits per heavy atom. The normalized spacial score (nSPS) is 12.0. The number of carbonyl (C=O) groups excluding carboxylic acids is 2. The quantitative estimate of drug-likeness (QED) is 0.161. The van der Waals surface area contributed by atoms with Gasteiger partial charge < -0.3 is 10.2 Å². The van der Waals surface area contributed by atoms with Gasteiger partial charge in [-0.25, -0.2) is 8.42 Å². The number of rotatable bonds is 13. The minimum Gasteiger partial charge on any atom is -0.354 e. The van der Waals surface area contributed by atoms with E-state index in [1.54, 1.807) is 42.5 Å². The Balaban J connectivity index is 1.82. The molecule has 236 valence electrons. The average molecular weight is 687 g/mol. The van der Waals surface area contributed by atoms with E-state index in [9.17, 15) is 18.0 Å². The second kappa shape index (κ2) is 15.6. The molecule has 4 aromatic carbocycles. The maximum absolute atomic E-state index is 14.5. The number of benzene rings is 4. The molecule has 0 aliphatic rings. The number of amides is 2. The van der Waals surface area contributed by atoms with Crippen LogP contribution in [0.3, 0.4) is 0 Å². The van der Waals surface area contributed by atoms with Crippen LogP contribution in [0.25, 0.3) is 0 Å². The molecule has 1 atom stereocenters. The van der Waals surface area contributed by atoms with Crippen LogP contribution in [0, 0.1) is 5.92 Å². The van der Waals surface area contributed by atoms with Crippen molar-refractivity contribution in [1.29, 1.82) is 0 Å². The van der Waals surface area contributed by atoms with E-state index in [0.717, 1.165) is 9.87 Å². The second-order valence-corrected chi connectivity index (χ2v) is 14.1. The van der Waals surface area contributed by atoms with Gasteiger partial charge in [-0.05, 0) is 59.5 Å². The van der Waals surface area contributed by atoms with E-state index in [1.807, 2.05) is 44.2 Å². The van der Waals surface area contributed by atoms with E-state index in [0.29, 0.717) is 17.1 Å². The number of hydrogen-bond acceptors (Lipinski definition) is 4. The van der Waals surface area contributed by atoms with E-state index < -0.39 is 28.5 Å². The van der Waals surface area contributed by atoms with E-state index in [1.165, 1.54) is 35.2 Å². The first-order chi connectivity index (χ1) is 21.4. The summed E-state index contributed by atoms with van der Waals surface area (Å²) < 4.78 is 29.1. The third kappa shape index (κ3) is 9.47. The van der Waals surface area contributed by atoms with Crippen LogP contribution in [0.4, 0.5) is 5.69 Å². The molecule has 0 saturated heterocycles. The Kier molecular flexibility index (Phi) is 11.9. The number of halogens is 3. The van der Waals surface area contributed by atoms with Crippen LogP contribution in [0.15, 0.2) is 108 Å². The minimum atomic E-state index is -4.28. The number of sulfonamides is 1. The SMILES string of the molecule is CC(C)CNC(=O)C(Cc1ccccc1)N(Cc1cccc(Cl)c1)C(=O)CN(c1cc(Cl)cc(Cl)c1)S(=O)(=O)c1ccccc1. The van der Waals surface area contributed by atoms with Gasteiger partial charge >= 0.3 is 0 Å². The molecule has 1 N–H and O–H groups in total. The molecule has 0 aliphatic heterocycles. The summed E-state index contributed by atoms with van der Waals surface area (Å²) in [7, 11) is -4.28. The fourth-order valence-corrected chi connectivity index (χ4v) is 6.89. The largest absolute Gasteiger partial charge is 0.354 e. The molecule has 0 aromatic heterocycles. The number of anilines is 1. The van der Waals surface area contributed by atoms with Crippen molar-refractivity contribution < 1.29 is 18.0 Å². The molecule has 0 saturated carbocycles. The molecule has 2 amide bonds. The summed E-state index contributed by atoms with van der Waals surface area (Å²) in [5.74, 6) is -0.792. The van der Waals surface area contributed by atoms with E-state index in [-0.39, 0.29) is 45.4 Å². The molecule has 4 rings (SSSR count). The predicted octanol–water partition coefficient (Wildman–Crippen LogP) is 7.25. The van der Waals surface area contributed by atoms with Crippen LogP contribution in [0.5, 0.6) is 0 Å². The monoisotopic (exact) mass is 685 g/mol. The molecular formula is C34H34Cl3N3O4S. The van der Waals surface area contributed by atoms with Crippen molar-refractivity contribution in [1.82, 2.24) is 10.2 Å². The Morgan fingerprint density at radius 3 is 1.96 bits per heavy atom. The second-order valence-electron chi connectivity index (χ2n) is 10.9. The number of nitrogens with one attached hydrogen (secondary N) is 1. The summed E-state index contributed by atoms with van der Waals surface area (Å²) in [6.45, 7) is 3.73. The molecule has 0 spiro atoms. The third-order valence-corrected chi connectivity index (χ3v) is 9.40. The van der Waals surface area contributed by atoms with Gasteiger partial charge in [-0.15, -0.1) is 0 Å². The molecule has 1 unspecified atom stereocenters. The Labute approximate surface area is 279 Å². The maximum atomic E-state index is 14.5. The van der Waals surface area contributed by atoms with Gasteiger partial charge in [0.05, 0.1) is 10.6 Å². The van der Waals surface area contributed by atoms with Crippen LogP contribution < -0.4 is 9.62 Å². The van der Waals surface area contributed by atoms with Gasteiger partial charge in [0.2, 0.25) is 11.8 Å². The molecule has 0 radical (unpaired) electrons. The molecule has 4 aromatic rings. The van der Waals surface area contributed by atoms with Crippen molar-refractivity contribution in [3.05, 3.63) is 129 Å². The summed E-state index contributed by atoms with van der Waals surface area (Å²) in [5, 5.41) is 3.83. The number of hydrogen-bond donors (Lipinski definition) is 1. The van der Waals surface area contributed by atoms with E-state index in [2.05, 4.69) is 5.32 Å². The molecule has 0 aliphatic carbocycles. The number of nitrogens with zero attached hydrogens (tertiary/aromatic N) is 2. The van der Waals surface area contributed by atoms with Crippen LogP contribution in [0.2, 0.25) is 15.1 Å². The summed E-state index contributed by atoms with van der Waals surface area (Å²) in [6.07, 6.45) is 0.200. The van der Waals surface area contributed by atoms with Crippen molar-refractivity contribution in [3.63, 3.8) is 0 Å². The molecule has 0 fully saturated rings.